The summed E-state index contributed by atoms with van der Waals surface area (Å²) in [4.78, 5) is 20.3. The molecule has 0 bridgehead atoms. The Kier molecular flexibility index (Phi) is 7.07. The van der Waals surface area contributed by atoms with Gasteiger partial charge in [-0.05, 0) is 13.0 Å². The van der Waals surface area contributed by atoms with Crippen LogP contribution in [0.25, 0.3) is 0 Å². The van der Waals surface area contributed by atoms with Crippen molar-refractivity contribution in [2.24, 2.45) is 0 Å². The molecule has 2 aromatic rings. The maximum absolute atomic E-state index is 11.8. The average molecular weight is 372 g/mol. The lowest BCUT2D eigenvalue weighted by molar-refractivity contribution is 0.198. The number of carbonyl (C=O) groups is 1. The van der Waals surface area contributed by atoms with E-state index < -0.39 is 0 Å². The predicted octanol–water partition coefficient (Wildman–Crippen LogP) is 2.02. The molecule has 2 rings (SSSR count). The maximum atomic E-state index is 11.8. The molecule has 2 amide bonds. The Balaban J connectivity index is 2.21. The summed E-state index contributed by atoms with van der Waals surface area (Å²) in [6, 6.07) is 4.80. The lowest BCUT2D eigenvalue weighted by Crippen LogP contribution is -2.31. The minimum atomic E-state index is -0.376. The number of methoxy groups -OCH3 is 2. The number of aryl methyl sites for hydroxylation is 1. The smallest absolute Gasteiger partial charge is 0.320 e. The number of amides is 2. The molecule has 9 heteroatoms. The van der Waals surface area contributed by atoms with Crippen LogP contribution in [-0.2, 0) is 4.74 Å². The molecule has 27 heavy (non-hydrogen) atoms. The van der Waals surface area contributed by atoms with E-state index in [0.717, 1.165) is 5.69 Å². The van der Waals surface area contributed by atoms with Crippen LogP contribution in [0.2, 0.25) is 0 Å². The van der Waals surface area contributed by atoms with Crippen molar-refractivity contribution < 1.29 is 14.3 Å². The number of ether oxygens (including phenoxy) is 2. The van der Waals surface area contributed by atoms with E-state index in [-0.39, 0.29) is 11.7 Å². The molecular formula is C18H24N6O3. The summed E-state index contributed by atoms with van der Waals surface area (Å²) in [5, 5.41) is 16.9. The zero-order valence-corrected chi connectivity index (χ0v) is 15.8. The van der Waals surface area contributed by atoms with Crippen LogP contribution >= 0.6 is 0 Å². The van der Waals surface area contributed by atoms with Crippen molar-refractivity contribution in [1.29, 1.82) is 5.41 Å². The van der Waals surface area contributed by atoms with Crippen LogP contribution in [0, 0.1) is 12.3 Å². The predicted molar refractivity (Wildman–Crippen MR) is 104 cm³/mol. The second-order valence-corrected chi connectivity index (χ2v) is 5.65. The number of urea groups is 1. The van der Waals surface area contributed by atoms with Gasteiger partial charge >= 0.3 is 6.03 Å². The number of carbonyl (C=O) groups excluding carboxylic acids is 1. The molecule has 144 valence electrons. The highest BCUT2D eigenvalue weighted by Gasteiger charge is 2.14. The molecule has 0 saturated heterocycles. The van der Waals surface area contributed by atoms with Crippen LogP contribution in [0.1, 0.15) is 16.8 Å². The number of aromatic nitrogens is 2. The standard InChI is InChI=1S/C18H24N6O3/c1-11-7-12(8-16(23-11)27-4)17(19)13-10-22-15(9-14(13)20-2)24-18(25)21-5-6-26-3/h7-10,19H,5-6H2,1-4H3,(H3,20,21,22,24,25). The van der Waals surface area contributed by atoms with Crippen molar-refractivity contribution in [2.45, 2.75) is 6.92 Å². The summed E-state index contributed by atoms with van der Waals surface area (Å²) in [7, 11) is 4.84. The van der Waals surface area contributed by atoms with Gasteiger partial charge in [0.1, 0.15) is 5.82 Å². The van der Waals surface area contributed by atoms with Crippen LogP contribution < -0.4 is 20.7 Å². The minimum absolute atomic E-state index is 0.270. The third-order valence-corrected chi connectivity index (χ3v) is 3.70. The van der Waals surface area contributed by atoms with Gasteiger partial charge in [-0.1, -0.05) is 0 Å². The molecule has 0 atom stereocenters. The summed E-state index contributed by atoms with van der Waals surface area (Å²) in [6.45, 7) is 2.66. The molecule has 0 aliphatic rings. The molecule has 0 unspecified atom stereocenters. The largest absolute Gasteiger partial charge is 0.481 e. The second kappa shape index (κ2) is 9.48. The van der Waals surface area contributed by atoms with Gasteiger partial charge in [-0.2, -0.15) is 0 Å². The lowest BCUT2D eigenvalue weighted by Gasteiger charge is -2.14. The molecule has 2 aromatic heterocycles. The Morgan fingerprint density at radius 3 is 2.70 bits per heavy atom. The Bertz CT molecular complexity index is 825. The average Bonchev–Trinajstić information content (AvgIpc) is 2.67. The van der Waals surface area contributed by atoms with E-state index in [1.54, 1.807) is 38.6 Å². The van der Waals surface area contributed by atoms with E-state index in [1.807, 2.05) is 6.92 Å². The summed E-state index contributed by atoms with van der Waals surface area (Å²) in [6.07, 6.45) is 1.54. The number of anilines is 2. The first-order chi connectivity index (χ1) is 13.0. The van der Waals surface area contributed by atoms with E-state index in [0.29, 0.717) is 41.7 Å². The zero-order chi connectivity index (χ0) is 19.8. The molecular weight excluding hydrogens is 348 g/mol. The van der Waals surface area contributed by atoms with Gasteiger partial charge in [-0.15, -0.1) is 0 Å². The summed E-state index contributed by atoms with van der Waals surface area (Å²) in [5.41, 5.74) is 2.94. The fourth-order valence-corrected chi connectivity index (χ4v) is 2.40. The lowest BCUT2D eigenvalue weighted by atomic mass is 10.0. The summed E-state index contributed by atoms with van der Waals surface area (Å²) >= 11 is 0. The molecule has 0 radical (unpaired) electrons. The second-order valence-electron chi connectivity index (χ2n) is 5.65. The minimum Gasteiger partial charge on any atom is -0.481 e. The zero-order valence-electron chi connectivity index (χ0n) is 15.8. The van der Waals surface area contributed by atoms with Crippen molar-refractivity contribution in [2.75, 3.05) is 45.1 Å². The van der Waals surface area contributed by atoms with E-state index in [1.165, 1.54) is 7.11 Å². The van der Waals surface area contributed by atoms with Crippen LogP contribution in [-0.4, -0.2) is 56.1 Å². The van der Waals surface area contributed by atoms with Crippen LogP contribution in [0.3, 0.4) is 0 Å². The van der Waals surface area contributed by atoms with E-state index in [9.17, 15) is 4.79 Å². The Labute approximate surface area is 158 Å². The molecule has 4 N–H and O–H groups in total. The van der Waals surface area contributed by atoms with E-state index in [4.69, 9.17) is 14.9 Å². The van der Waals surface area contributed by atoms with Gasteiger partial charge in [0.05, 0.1) is 19.4 Å². The highest BCUT2D eigenvalue weighted by atomic mass is 16.5. The molecule has 0 spiro atoms. The van der Waals surface area contributed by atoms with E-state index in [2.05, 4.69) is 25.9 Å². The van der Waals surface area contributed by atoms with Crippen molar-refractivity contribution in [3.8, 4) is 5.88 Å². The third-order valence-electron chi connectivity index (χ3n) is 3.70. The molecule has 0 aromatic carbocycles. The number of nitrogens with zero attached hydrogens (tertiary/aromatic N) is 2. The molecule has 0 aliphatic carbocycles. The Morgan fingerprint density at radius 2 is 2.04 bits per heavy atom. The van der Waals surface area contributed by atoms with Gasteiger partial charge in [-0.25, -0.2) is 14.8 Å². The van der Waals surface area contributed by atoms with Crippen LogP contribution in [0.5, 0.6) is 5.88 Å². The van der Waals surface area contributed by atoms with Crippen molar-refractivity contribution in [3.63, 3.8) is 0 Å². The number of nitrogens with one attached hydrogen (secondary N) is 4. The first-order valence-corrected chi connectivity index (χ1v) is 8.32. The topological polar surface area (TPSA) is 121 Å². The van der Waals surface area contributed by atoms with Gasteiger partial charge in [0.25, 0.3) is 0 Å². The number of hydrogen-bond acceptors (Lipinski definition) is 7. The molecule has 0 fully saturated rings. The number of pyridine rings is 2. The Morgan fingerprint density at radius 1 is 1.26 bits per heavy atom. The molecule has 2 heterocycles. The van der Waals surface area contributed by atoms with Crippen LogP contribution in [0.15, 0.2) is 24.4 Å². The SMILES string of the molecule is CNc1cc(NC(=O)NCCOC)ncc1C(=N)c1cc(C)nc(OC)c1. The molecule has 0 aliphatic heterocycles. The van der Waals surface area contributed by atoms with Gasteiger partial charge in [-0.3, -0.25) is 10.7 Å². The van der Waals surface area contributed by atoms with Crippen molar-refractivity contribution in [3.05, 3.63) is 41.2 Å². The van der Waals surface area contributed by atoms with Gasteiger partial charge < -0.3 is 20.1 Å². The van der Waals surface area contributed by atoms with E-state index >= 15 is 0 Å². The monoisotopic (exact) mass is 372 g/mol. The van der Waals surface area contributed by atoms with Gasteiger partial charge in [0.2, 0.25) is 5.88 Å². The first kappa shape index (κ1) is 20.1. The quantitative estimate of drug-likeness (QED) is 0.415. The molecule has 0 saturated carbocycles. The molecule has 9 nitrogen and oxygen atoms in total. The first-order valence-electron chi connectivity index (χ1n) is 8.32. The summed E-state index contributed by atoms with van der Waals surface area (Å²) < 4.78 is 10.1. The fourth-order valence-electron chi connectivity index (χ4n) is 2.40. The number of hydrogen-bond donors (Lipinski definition) is 4. The van der Waals surface area contributed by atoms with Gasteiger partial charge in [0, 0.05) is 61.5 Å². The summed E-state index contributed by atoms with van der Waals surface area (Å²) in [5.74, 6) is 0.814. The van der Waals surface area contributed by atoms with Crippen molar-refractivity contribution >= 4 is 23.2 Å². The normalized spacial score (nSPS) is 10.2. The fraction of sp³-hybridized carbons (Fsp3) is 0.333. The van der Waals surface area contributed by atoms with Crippen LogP contribution in [0.4, 0.5) is 16.3 Å². The maximum Gasteiger partial charge on any atom is 0.320 e. The Hall–Kier alpha value is -3.20. The van der Waals surface area contributed by atoms with Gasteiger partial charge in [0.15, 0.2) is 0 Å². The number of rotatable bonds is 8. The highest BCUT2D eigenvalue weighted by Crippen LogP contribution is 2.23. The highest BCUT2D eigenvalue weighted by molar-refractivity contribution is 6.14. The van der Waals surface area contributed by atoms with Crippen molar-refractivity contribution in [1.82, 2.24) is 15.3 Å². The third kappa shape index (κ3) is 5.38.